The predicted molar refractivity (Wildman–Crippen MR) is 104 cm³/mol. The van der Waals surface area contributed by atoms with E-state index in [2.05, 4.69) is 52.0 Å². The average molecular weight is 331 g/mol. The number of methoxy groups -OCH3 is 2. The van der Waals surface area contributed by atoms with Crippen molar-refractivity contribution >= 4 is 0 Å². The molecule has 1 aliphatic carbocycles. The molecule has 0 amide bonds. The van der Waals surface area contributed by atoms with E-state index in [0.717, 1.165) is 5.57 Å². The van der Waals surface area contributed by atoms with Gasteiger partial charge in [0, 0.05) is 14.2 Å². The zero-order valence-corrected chi connectivity index (χ0v) is 16.5. The van der Waals surface area contributed by atoms with Gasteiger partial charge >= 0.3 is 0 Å². The van der Waals surface area contributed by atoms with Crippen LogP contribution in [0.3, 0.4) is 0 Å². The summed E-state index contributed by atoms with van der Waals surface area (Å²) in [4.78, 5) is 0. The molecule has 0 aromatic heterocycles. The average Bonchev–Trinajstić information content (AvgIpc) is 2.51. The zero-order chi connectivity index (χ0) is 18.2. The second-order valence-corrected chi connectivity index (χ2v) is 7.27. The fourth-order valence-electron chi connectivity index (χ4n) is 3.24. The maximum Gasteiger partial charge on any atom is 0.179 e. The van der Waals surface area contributed by atoms with Crippen molar-refractivity contribution in [3.63, 3.8) is 0 Å². The van der Waals surface area contributed by atoms with E-state index < -0.39 is 0 Å². The molecular formula is C22H34O2. The van der Waals surface area contributed by atoms with E-state index in [-0.39, 0.29) is 6.29 Å². The summed E-state index contributed by atoms with van der Waals surface area (Å²) in [6.07, 6.45) is 16.3. The second kappa shape index (κ2) is 9.80. The van der Waals surface area contributed by atoms with Crippen LogP contribution in [-0.4, -0.2) is 20.5 Å². The van der Waals surface area contributed by atoms with Crippen LogP contribution in [0.5, 0.6) is 0 Å². The van der Waals surface area contributed by atoms with Gasteiger partial charge in [0.25, 0.3) is 0 Å². The first-order valence-electron chi connectivity index (χ1n) is 8.77. The van der Waals surface area contributed by atoms with Gasteiger partial charge in [-0.15, -0.1) is 0 Å². The summed E-state index contributed by atoms with van der Waals surface area (Å²) in [6, 6.07) is 0. The van der Waals surface area contributed by atoms with Gasteiger partial charge in [0.15, 0.2) is 6.29 Å². The molecule has 0 spiro atoms. The van der Waals surface area contributed by atoms with Gasteiger partial charge in [0.1, 0.15) is 0 Å². The smallest absolute Gasteiger partial charge is 0.179 e. The van der Waals surface area contributed by atoms with Crippen LogP contribution in [0.2, 0.25) is 0 Å². The lowest BCUT2D eigenvalue weighted by Gasteiger charge is -2.32. The Bertz CT molecular complexity index is 553. The molecule has 0 unspecified atom stereocenters. The fraction of sp³-hybridized carbons (Fsp3) is 0.545. The third-order valence-electron chi connectivity index (χ3n) is 4.68. The first-order valence-corrected chi connectivity index (χ1v) is 8.77. The van der Waals surface area contributed by atoms with E-state index in [1.165, 1.54) is 36.0 Å². The highest BCUT2D eigenvalue weighted by Gasteiger charge is 2.26. The normalized spacial score (nSPS) is 20.0. The summed E-state index contributed by atoms with van der Waals surface area (Å²) >= 11 is 0. The van der Waals surface area contributed by atoms with E-state index in [4.69, 9.17) is 9.47 Å². The minimum atomic E-state index is -0.275. The maximum absolute atomic E-state index is 5.22. The molecule has 134 valence electrons. The van der Waals surface area contributed by atoms with Gasteiger partial charge < -0.3 is 9.47 Å². The largest absolute Gasteiger partial charge is 0.352 e. The Labute approximate surface area is 148 Å². The topological polar surface area (TPSA) is 18.5 Å². The third kappa shape index (κ3) is 6.26. The molecule has 2 nitrogen and oxygen atoms in total. The van der Waals surface area contributed by atoms with Crippen molar-refractivity contribution < 1.29 is 9.47 Å². The number of ether oxygens (including phenoxy) is 2. The zero-order valence-electron chi connectivity index (χ0n) is 16.5. The highest BCUT2D eigenvalue weighted by molar-refractivity contribution is 5.36. The summed E-state index contributed by atoms with van der Waals surface area (Å²) in [5.41, 5.74) is 5.62. The molecular weight excluding hydrogens is 296 g/mol. The van der Waals surface area contributed by atoms with Crippen molar-refractivity contribution in [2.45, 2.75) is 60.2 Å². The minimum absolute atomic E-state index is 0.275. The molecule has 0 radical (unpaired) electrons. The van der Waals surface area contributed by atoms with Gasteiger partial charge in [-0.3, -0.25) is 0 Å². The molecule has 1 rings (SSSR count). The monoisotopic (exact) mass is 330 g/mol. The molecule has 0 bridgehead atoms. The molecule has 0 atom stereocenters. The van der Waals surface area contributed by atoms with Crippen LogP contribution in [0.4, 0.5) is 0 Å². The molecule has 0 aliphatic heterocycles. The van der Waals surface area contributed by atoms with E-state index in [1.54, 1.807) is 14.2 Å². The molecule has 0 aromatic rings. The van der Waals surface area contributed by atoms with Gasteiger partial charge in [-0.25, -0.2) is 0 Å². The molecule has 0 fully saturated rings. The third-order valence-corrected chi connectivity index (χ3v) is 4.68. The van der Waals surface area contributed by atoms with Crippen LogP contribution < -0.4 is 0 Å². The summed E-state index contributed by atoms with van der Waals surface area (Å²) in [7, 11) is 3.29. The maximum atomic E-state index is 5.22. The Balaban J connectivity index is 2.74. The van der Waals surface area contributed by atoms with Gasteiger partial charge in [-0.1, -0.05) is 61.4 Å². The lowest BCUT2D eigenvalue weighted by atomic mass is 9.72. The molecule has 0 N–H and O–H groups in total. The van der Waals surface area contributed by atoms with Crippen molar-refractivity contribution in [3.05, 3.63) is 58.7 Å². The Kier molecular flexibility index (Phi) is 8.44. The highest BCUT2D eigenvalue weighted by atomic mass is 16.7. The van der Waals surface area contributed by atoms with Crippen molar-refractivity contribution in [3.8, 4) is 0 Å². The van der Waals surface area contributed by atoms with Gasteiger partial charge in [0.05, 0.1) is 0 Å². The molecule has 0 aromatic carbocycles. The van der Waals surface area contributed by atoms with E-state index in [9.17, 15) is 0 Å². The fourth-order valence-corrected chi connectivity index (χ4v) is 3.24. The van der Waals surface area contributed by atoms with Crippen molar-refractivity contribution in [1.82, 2.24) is 0 Å². The predicted octanol–water partition coefficient (Wildman–Crippen LogP) is 6.14. The molecule has 0 saturated heterocycles. The van der Waals surface area contributed by atoms with Crippen LogP contribution in [-0.2, 0) is 9.47 Å². The Morgan fingerprint density at radius 1 is 1.08 bits per heavy atom. The lowest BCUT2D eigenvalue weighted by molar-refractivity contribution is -0.0746. The highest BCUT2D eigenvalue weighted by Crippen LogP contribution is 2.40. The molecule has 0 heterocycles. The van der Waals surface area contributed by atoms with Crippen LogP contribution in [0.25, 0.3) is 0 Å². The molecule has 1 aliphatic rings. The van der Waals surface area contributed by atoms with Crippen LogP contribution in [0.15, 0.2) is 58.7 Å². The number of hydrogen-bond donors (Lipinski definition) is 0. The van der Waals surface area contributed by atoms with E-state index in [1.807, 2.05) is 19.1 Å². The number of hydrogen-bond acceptors (Lipinski definition) is 2. The Morgan fingerprint density at radius 2 is 1.71 bits per heavy atom. The lowest BCUT2D eigenvalue weighted by Crippen LogP contribution is -2.19. The van der Waals surface area contributed by atoms with Gasteiger partial charge in [-0.2, -0.15) is 0 Å². The van der Waals surface area contributed by atoms with Crippen molar-refractivity contribution in [2.24, 2.45) is 5.41 Å². The molecule has 24 heavy (non-hydrogen) atoms. The van der Waals surface area contributed by atoms with Crippen LogP contribution >= 0.6 is 0 Å². The summed E-state index contributed by atoms with van der Waals surface area (Å²) in [5, 5.41) is 0. The van der Waals surface area contributed by atoms with Crippen molar-refractivity contribution in [1.29, 1.82) is 0 Å². The quantitative estimate of drug-likeness (QED) is 0.412. The molecule has 2 heteroatoms. The molecule has 0 saturated carbocycles. The number of allylic oxidation sites excluding steroid dienone is 9. The van der Waals surface area contributed by atoms with Gasteiger partial charge in [-0.05, 0) is 56.6 Å². The second-order valence-electron chi connectivity index (χ2n) is 7.27. The number of rotatable bonds is 7. The first-order chi connectivity index (χ1) is 11.3. The summed E-state index contributed by atoms with van der Waals surface area (Å²) in [6.45, 7) is 11.1. The standard InChI is InChI=1S/C22H34O2/c1-17(11-8-9-12-19(3)21(23-6)24-7)14-15-20-18(2)13-10-16-22(20,4)5/h8-9,11-12,14-15,21H,10,13,16H2,1-7H3/b9-8+,15-14+,17-11+,19-12+. The van der Waals surface area contributed by atoms with E-state index >= 15 is 0 Å². The SMILES string of the molecule is COC(OC)/C(C)=C/C=C/C=C(C)/C=C/C1=C(C)CCCC1(C)C. The Hall–Kier alpha value is -1.38. The summed E-state index contributed by atoms with van der Waals surface area (Å²) in [5.74, 6) is 0. The Morgan fingerprint density at radius 3 is 2.29 bits per heavy atom. The first kappa shape index (κ1) is 20.7. The van der Waals surface area contributed by atoms with Crippen LogP contribution in [0.1, 0.15) is 53.9 Å². The van der Waals surface area contributed by atoms with Gasteiger partial charge in [0.2, 0.25) is 0 Å². The van der Waals surface area contributed by atoms with E-state index in [0.29, 0.717) is 5.41 Å². The summed E-state index contributed by atoms with van der Waals surface area (Å²) < 4.78 is 10.4. The van der Waals surface area contributed by atoms with Crippen LogP contribution in [0, 0.1) is 5.41 Å². The van der Waals surface area contributed by atoms with Crippen molar-refractivity contribution in [2.75, 3.05) is 14.2 Å². The minimum Gasteiger partial charge on any atom is -0.352 e.